The Bertz CT molecular complexity index is 1380. The number of sulfonamides is 1. The van der Waals surface area contributed by atoms with E-state index in [1.54, 1.807) is 5.38 Å². The Morgan fingerprint density at radius 1 is 1.09 bits per heavy atom. The molecule has 32 heavy (non-hydrogen) atoms. The van der Waals surface area contributed by atoms with Crippen molar-refractivity contribution in [3.05, 3.63) is 88.2 Å². The molecule has 0 saturated heterocycles. The second-order valence-corrected chi connectivity index (χ2v) is 9.94. The van der Waals surface area contributed by atoms with Gasteiger partial charge in [-0.15, -0.1) is 11.3 Å². The van der Waals surface area contributed by atoms with Gasteiger partial charge in [-0.2, -0.15) is 0 Å². The molecule has 0 radical (unpaired) electrons. The number of nitrogens with one attached hydrogen (secondary N) is 2. The maximum atomic E-state index is 13.8. The second-order valence-electron chi connectivity index (χ2n) is 6.48. The molecule has 0 atom stereocenters. The third-order valence-corrected chi connectivity index (χ3v) is 6.92. The highest BCUT2D eigenvalue weighted by atomic mass is 79.9. The molecule has 162 valence electrons. The van der Waals surface area contributed by atoms with E-state index in [0.717, 1.165) is 28.4 Å². The Morgan fingerprint density at radius 2 is 1.88 bits per heavy atom. The van der Waals surface area contributed by atoms with Gasteiger partial charge in [0.05, 0.1) is 16.9 Å². The summed E-state index contributed by atoms with van der Waals surface area (Å²) in [6.45, 7) is 0. The van der Waals surface area contributed by atoms with Gasteiger partial charge in [-0.25, -0.2) is 17.8 Å². The molecule has 0 unspecified atom stereocenters. The summed E-state index contributed by atoms with van der Waals surface area (Å²) < 4.78 is 42.3. The third-order valence-electron chi connectivity index (χ3n) is 4.28. The Hall–Kier alpha value is -3.15. The van der Waals surface area contributed by atoms with Gasteiger partial charge in [0.15, 0.2) is 5.13 Å². The van der Waals surface area contributed by atoms with E-state index in [1.165, 1.54) is 35.7 Å². The fourth-order valence-electron chi connectivity index (χ4n) is 2.76. The van der Waals surface area contributed by atoms with Crippen molar-refractivity contribution in [3.63, 3.8) is 0 Å². The minimum absolute atomic E-state index is 0.0562. The molecule has 0 aliphatic rings. The summed E-state index contributed by atoms with van der Waals surface area (Å²) in [6, 6.07) is 13.6. The molecule has 11 heteroatoms. The Labute approximate surface area is 195 Å². The van der Waals surface area contributed by atoms with E-state index in [0.29, 0.717) is 10.8 Å². The summed E-state index contributed by atoms with van der Waals surface area (Å²) in [5.41, 5.74) is 1.29. The van der Waals surface area contributed by atoms with E-state index in [9.17, 15) is 17.6 Å². The smallest absolute Gasteiger partial charge is 0.263 e. The van der Waals surface area contributed by atoms with Gasteiger partial charge in [0.1, 0.15) is 10.7 Å². The first-order valence-corrected chi connectivity index (χ1v) is 12.2. The molecule has 0 fully saturated rings. The van der Waals surface area contributed by atoms with Crippen molar-refractivity contribution in [1.82, 2.24) is 9.97 Å². The highest BCUT2D eigenvalue weighted by Gasteiger charge is 2.20. The highest BCUT2D eigenvalue weighted by molar-refractivity contribution is 9.10. The van der Waals surface area contributed by atoms with Gasteiger partial charge in [-0.3, -0.25) is 19.8 Å². The molecule has 1 amide bonds. The quantitative estimate of drug-likeness (QED) is 0.357. The molecule has 0 bridgehead atoms. The third kappa shape index (κ3) is 5.01. The van der Waals surface area contributed by atoms with Crippen molar-refractivity contribution in [1.29, 1.82) is 0 Å². The minimum Gasteiger partial charge on any atom is -0.298 e. The largest absolute Gasteiger partial charge is 0.298 e. The fourth-order valence-corrected chi connectivity index (χ4v) is 4.77. The molecule has 0 saturated carbocycles. The lowest BCUT2D eigenvalue weighted by Gasteiger charge is -2.12. The summed E-state index contributed by atoms with van der Waals surface area (Å²) in [5.74, 6) is -1.33. The number of carbonyl (C=O) groups is 1. The van der Waals surface area contributed by atoms with Gasteiger partial charge >= 0.3 is 0 Å². The van der Waals surface area contributed by atoms with Gasteiger partial charge in [0.2, 0.25) is 0 Å². The zero-order chi connectivity index (χ0) is 22.7. The molecule has 2 aromatic carbocycles. The van der Waals surface area contributed by atoms with Crippen molar-refractivity contribution in [2.75, 3.05) is 10.0 Å². The van der Waals surface area contributed by atoms with E-state index in [4.69, 9.17) is 0 Å². The lowest BCUT2D eigenvalue weighted by molar-refractivity contribution is 0.102. The lowest BCUT2D eigenvalue weighted by Crippen LogP contribution is -2.19. The molecular weight excluding hydrogens is 519 g/mol. The van der Waals surface area contributed by atoms with Crippen molar-refractivity contribution in [2.45, 2.75) is 4.90 Å². The molecule has 4 aromatic rings. The number of amides is 1. The van der Waals surface area contributed by atoms with Crippen molar-refractivity contribution >= 4 is 54.0 Å². The lowest BCUT2D eigenvalue weighted by atomic mass is 10.1. The van der Waals surface area contributed by atoms with Crippen LogP contribution in [0, 0.1) is 5.82 Å². The second kappa shape index (κ2) is 9.15. The Balaban J connectivity index is 1.58. The van der Waals surface area contributed by atoms with Crippen molar-refractivity contribution in [3.8, 4) is 11.3 Å². The Morgan fingerprint density at radius 3 is 2.59 bits per heavy atom. The minimum atomic E-state index is -4.07. The number of carbonyl (C=O) groups excluding carboxylic acids is 1. The number of rotatable bonds is 6. The highest BCUT2D eigenvalue weighted by Crippen LogP contribution is 2.28. The van der Waals surface area contributed by atoms with Crippen molar-refractivity contribution < 1.29 is 17.6 Å². The van der Waals surface area contributed by atoms with Crippen LogP contribution in [0.25, 0.3) is 11.3 Å². The normalized spacial score (nSPS) is 11.2. The molecule has 4 rings (SSSR count). The van der Waals surface area contributed by atoms with Gasteiger partial charge in [0, 0.05) is 27.8 Å². The van der Waals surface area contributed by atoms with Crippen LogP contribution in [-0.2, 0) is 10.0 Å². The molecule has 2 heterocycles. The summed E-state index contributed by atoms with van der Waals surface area (Å²) in [4.78, 5) is 20.9. The number of benzene rings is 2. The first kappa shape index (κ1) is 22.1. The van der Waals surface area contributed by atoms with Crippen molar-refractivity contribution in [2.24, 2.45) is 0 Å². The maximum Gasteiger partial charge on any atom is 0.263 e. The van der Waals surface area contributed by atoms with Gasteiger partial charge in [-0.1, -0.05) is 28.1 Å². The van der Waals surface area contributed by atoms with Gasteiger partial charge in [0.25, 0.3) is 15.9 Å². The van der Waals surface area contributed by atoms with E-state index in [1.807, 2.05) is 24.3 Å². The van der Waals surface area contributed by atoms with Crippen LogP contribution in [0.2, 0.25) is 0 Å². The molecule has 0 spiro atoms. The molecule has 2 N–H and O–H groups in total. The number of halogens is 2. The predicted octanol–water partition coefficient (Wildman–Crippen LogP) is 5.16. The summed E-state index contributed by atoms with van der Waals surface area (Å²) in [7, 11) is -4.07. The van der Waals surface area contributed by atoms with Gasteiger partial charge < -0.3 is 0 Å². The number of pyridine rings is 1. The van der Waals surface area contributed by atoms with Crippen LogP contribution < -0.4 is 10.0 Å². The maximum absolute atomic E-state index is 13.8. The molecule has 2 aromatic heterocycles. The molecule has 0 aliphatic carbocycles. The number of anilines is 2. The monoisotopic (exact) mass is 532 g/mol. The van der Waals surface area contributed by atoms with E-state index < -0.39 is 21.7 Å². The summed E-state index contributed by atoms with van der Waals surface area (Å²) in [6.07, 6.45) is 2.58. The number of hydrogen-bond donors (Lipinski definition) is 2. The van der Waals surface area contributed by atoms with E-state index >= 15 is 0 Å². The van der Waals surface area contributed by atoms with Crippen LogP contribution in [-0.4, -0.2) is 24.3 Å². The Kier molecular flexibility index (Phi) is 6.31. The average Bonchev–Trinajstić information content (AvgIpc) is 3.23. The van der Waals surface area contributed by atoms with E-state index in [-0.39, 0.29) is 16.1 Å². The average molecular weight is 533 g/mol. The van der Waals surface area contributed by atoms with E-state index in [2.05, 4.69) is 35.9 Å². The number of thiazole rings is 1. The van der Waals surface area contributed by atoms with Crippen LogP contribution in [0.3, 0.4) is 0 Å². The van der Waals surface area contributed by atoms with Crippen LogP contribution in [0.1, 0.15) is 10.4 Å². The van der Waals surface area contributed by atoms with Crippen LogP contribution in [0.4, 0.5) is 15.2 Å². The predicted molar refractivity (Wildman–Crippen MR) is 125 cm³/mol. The topological polar surface area (TPSA) is 101 Å². The zero-order valence-corrected chi connectivity index (χ0v) is 19.3. The van der Waals surface area contributed by atoms with Crippen LogP contribution >= 0.6 is 27.3 Å². The first-order valence-electron chi connectivity index (χ1n) is 9.07. The summed E-state index contributed by atoms with van der Waals surface area (Å²) in [5, 5.41) is 4.74. The number of hydrogen-bond acceptors (Lipinski definition) is 6. The zero-order valence-electron chi connectivity index (χ0n) is 16.1. The van der Waals surface area contributed by atoms with Gasteiger partial charge in [-0.05, 0) is 42.5 Å². The fraction of sp³-hybridized carbons (Fsp3) is 0. The van der Waals surface area contributed by atoms with Crippen LogP contribution in [0.15, 0.2) is 81.7 Å². The molecular formula is C21H14BrFN4O3S2. The molecule has 0 aliphatic heterocycles. The first-order chi connectivity index (χ1) is 15.3. The van der Waals surface area contributed by atoms with Crippen LogP contribution in [0.5, 0.6) is 0 Å². The molecule has 7 nitrogen and oxygen atoms in total. The number of nitrogens with zero attached hydrogens (tertiary/aromatic N) is 2. The SMILES string of the molecule is O=C(Nc1nc(-c2ccc(Br)cc2)cs1)c1ccc(F)cc1NS(=O)(=O)c1cccnc1. The summed E-state index contributed by atoms with van der Waals surface area (Å²) >= 11 is 4.59. The number of aromatic nitrogens is 2. The standard InChI is InChI=1S/C21H14BrFN4O3S2/c22-14-5-3-13(4-6-14)19-12-31-21(25-19)26-20(28)17-8-7-15(23)10-18(17)27-32(29,30)16-2-1-9-24-11-16/h1-12,27H,(H,25,26,28).